The number of nitrogens with zero attached hydrogens (tertiary/aromatic N) is 2. The Hall–Kier alpha value is -1.11. The summed E-state index contributed by atoms with van der Waals surface area (Å²) >= 11 is 4.88. The zero-order valence-electron chi connectivity index (χ0n) is 12.1. The van der Waals surface area contributed by atoms with Gasteiger partial charge in [0.2, 0.25) is 0 Å². The molecule has 1 aliphatic rings. The van der Waals surface area contributed by atoms with Crippen molar-refractivity contribution in [2.75, 3.05) is 12.4 Å². The fraction of sp³-hybridized carbons (Fsp3) is 0.375. The first-order valence-corrected chi connectivity index (χ1v) is 9.00. The van der Waals surface area contributed by atoms with Crippen LogP contribution in [0.5, 0.6) is 0 Å². The summed E-state index contributed by atoms with van der Waals surface area (Å²) in [6.45, 7) is 5.19. The normalized spacial score (nSPS) is 18.0. The van der Waals surface area contributed by atoms with E-state index in [4.69, 9.17) is 4.74 Å². The Morgan fingerprint density at radius 2 is 2.32 bits per heavy atom. The van der Waals surface area contributed by atoms with Crippen molar-refractivity contribution in [3.63, 3.8) is 0 Å². The molecule has 1 aliphatic heterocycles. The standard InChI is InChI=1S/C16H17BrN2O2S/c1-11(17)10-22-16-18-14-7-3-2-6-13(14)15(20)19(16)9-12-5-4-8-21-12/h2-3,6-7,12H,1,4-5,8-10H2/t12-/m1/s1. The summed E-state index contributed by atoms with van der Waals surface area (Å²) in [5.74, 6) is 0.677. The number of benzene rings is 1. The van der Waals surface area contributed by atoms with Crippen molar-refractivity contribution in [3.05, 3.63) is 45.7 Å². The van der Waals surface area contributed by atoms with E-state index in [0.717, 1.165) is 34.6 Å². The Kier molecular flexibility index (Phi) is 5.00. The third-order valence-electron chi connectivity index (χ3n) is 3.59. The monoisotopic (exact) mass is 380 g/mol. The van der Waals surface area contributed by atoms with Gasteiger partial charge >= 0.3 is 0 Å². The third kappa shape index (κ3) is 3.45. The van der Waals surface area contributed by atoms with Gasteiger partial charge in [-0.3, -0.25) is 9.36 Å². The molecule has 0 N–H and O–H groups in total. The second-order valence-corrected chi connectivity index (χ2v) is 7.33. The smallest absolute Gasteiger partial charge is 0.262 e. The summed E-state index contributed by atoms with van der Waals surface area (Å²) in [6.07, 6.45) is 2.16. The molecule has 1 saturated heterocycles. The highest BCUT2D eigenvalue weighted by Crippen LogP contribution is 2.23. The van der Waals surface area contributed by atoms with Gasteiger partial charge in [0.25, 0.3) is 5.56 Å². The highest BCUT2D eigenvalue weighted by molar-refractivity contribution is 9.11. The van der Waals surface area contributed by atoms with Crippen LogP contribution in [0.3, 0.4) is 0 Å². The van der Waals surface area contributed by atoms with Crippen molar-refractivity contribution in [2.24, 2.45) is 0 Å². The number of halogens is 1. The topological polar surface area (TPSA) is 44.1 Å². The summed E-state index contributed by atoms with van der Waals surface area (Å²) in [6, 6.07) is 7.47. The van der Waals surface area contributed by atoms with Crippen LogP contribution in [0.4, 0.5) is 0 Å². The van der Waals surface area contributed by atoms with Crippen LogP contribution >= 0.6 is 27.7 Å². The molecule has 1 aromatic carbocycles. The predicted molar refractivity (Wildman–Crippen MR) is 93.8 cm³/mol. The molecule has 1 aromatic heterocycles. The molecule has 0 aliphatic carbocycles. The number of hydrogen-bond acceptors (Lipinski definition) is 4. The number of ether oxygens (including phenoxy) is 1. The lowest BCUT2D eigenvalue weighted by Gasteiger charge is -2.16. The zero-order valence-corrected chi connectivity index (χ0v) is 14.5. The average molecular weight is 381 g/mol. The lowest BCUT2D eigenvalue weighted by atomic mass is 10.2. The summed E-state index contributed by atoms with van der Waals surface area (Å²) in [7, 11) is 0. The molecule has 0 unspecified atom stereocenters. The number of fused-ring (bicyclic) bond motifs is 1. The van der Waals surface area contributed by atoms with Crippen LogP contribution in [-0.2, 0) is 11.3 Å². The molecule has 1 atom stereocenters. The summed E-state index contributed by atoms with van der Waals surface area (Å²) < 4.78 is 8.31. The fourth-order valence-electron chi connectivity index (χ4n) is 2.55. The Bertz CT molecular complexity index is 753. The highest BCUT2D eigenvalue weighted by Gasteiger charge is 2.20. The van der Waals surface area contributed by atoms with E-state index in [0.29, 0.717) is 17.7 Å². The van der Waals surface area contributed by atoms with Gasteiger partial charge in [-0.05, 0) is 29.5 Å². The number of para-hydroxylation sites is 1. The van der Waals surface area contributed by atoms with Crippen LogP contribution in [0.25, 0.3) is 10.9 Å². The summed E-state index contributed by atoms with van der Waals surface area (Å²) in [5, 5.41) is 1.38. The first-order chi connectivity index (χ1) is 10.6. The van der Waals surface area contributed by atoms with Crippen LogP contribution in [0.1, 0.15) is 12.8 Å². The van der Waals surface area contributed by atoms with Gasteiger partial charge in [0.05, 0.1) is 23.6 Å². The molecule has 6 heteroatoms. The second kappa shape index (κ2) is 6.98. The Morgan fingerprint density at radius 3 is 3.05 bits per heavy atom. The lowest BCUT2D eigenvalue weighted by molar-refractivity contribution is 0.0937. The average Bonchev–Trinajstić information content (AvgIpc) is 3.01. The maximum Gasteiger partial charge on any atom is 0.262 e. The Balaban J connectivity index is 2.03. The van der Waals surface area contributed by atoms with E-state index in [1.54, 1.807) is 4.57 Å². The fourth-order valence-corrected chi connectivity index (χ4v) is 3.66. The molecule has 0 radical (unpaired) electrons. The first-order valence-electron chi connectivity index (χ1n) is 7.22. The van der Waals surface area contributed by atoms with Crippen molar-refractivity contribution in [1.82, 2.24) is 9.55 Å². The Labute approximate surface area is 141 Å². The van der Waals surface area contributed by atoms with Crippen molar-refractivity contribution < 1.29 is 4.74 Å². The van der Waals surface area contributed by atoms with Crippen molar-refractivity contribution in [1.29, 1.82) is 0 Å². The van der Waals surface area contributed by atoms with Crippen LogP contribution in [0, 0.1) is 0 Å². The number of hydrogen-bond donors (Lipinski definition) is 0. The first kappa shape index (κ1) is 15.8. The van der Waals surface area contributed by atoms with E-state index < -0.39 is 0 Å². The highest BCUT2D eigenvalue weighted by atomic mass is 79.9. The number of aromatic nitrogens is 2. The molecule has 0 spiro atoms. The van der Waals surface area contributed by atoms with Crippen molar-refractivity contribution in [3.8, 4) is 0 Å². The quantitative estimate of drug-likeness (QED) is 0.587. The van der Waals surface area contributed by atoms with Gasteiger partial charge in [-0.2, -0.15) is 0 Å². The van der Waals surface area contributed by atoms with Crippen molar-refractivity contribution in [2.45, 2.75) is 30.6 Å². The van der Waals surface area contributed by atoms with Gasteiger partial charge in [0.1, 0.15) is 0 Å². The van der Waals surface area contributed by atoms with E-state index >= 15 is 0 Å². The van der Waals surface area contributed by atoms with Gasteiger partial charge in [0, 0.05) is 12.4 Å². The second-order valence-electron chi connectivity index (χ2n) is 5.27. The zero-order chi connectivity index (χ0) is 15.5. The van der Waals surface area contributed by atoms with Crippen LogP contribution in [-0.4, -0.2) is 28.0 Å². The minimum absolute atomic E-state index is 0.00350. The lowest BCUT2D eigenvalue weighted by Crippen LogP contribution is -2.28. The molecule has 22 heavy (non-hydrogen) atoms. The van der Waals surface area contributed by atoms with Gasteiger partial charge in [-0.1, -0.05) is 46.4 Å². The van der Waals surface area contributed by atoms with E-state index in [1.807, 2.05) is 24.3 Å². The molecule has 0 amide bonds. The van der Waals surface area contributed by atoms with Crippen LogP contribution < -0.4 is 5.56 Å². The maximum atomic E-state index is 12.8. The van der Waals surface area contributed by atoms with Gasteiger partial charge < -0.3 is 4.74 Å². The maximum absolute atomic E-state index is 12.8. The van der Waals surface area contributed by atoms with Crippen LogP contribution in [0.15, 0.2) is 45.3 Å². The molecular formula is C16H17BrN2O2S. The van der Waals surface area contributed by atoms with Gasteiger partial charge in [0.15, 0.2) is 5.16 Å². The van der Waals surface area contributed by atoms with Gasteiger partial charge in [-0.15, -0.1) is 0 Å². The molecule has 116 valence electrons. The van der Waals surface area contributed by atoms with E-state index in [-0.39, 0.29) is 11.7 Å². The van der Waals surface area contributed by atoms with E-state index in [1.165, 1.54) is 11.8 Å². The number of thioether (sulfide) groups is 1. The predicted octanol–water partition coefficient (Wildman–Crippen LogP) is 3.58. The molecular weight excluding hydrogens is 364 g/mol. The summed E-state index contributed by atoms with van der Waals surface area (Å²) in [4.78, 5) is 17.5. The summed E-state index contributed by atoms with van der Waals surface area (Å²) in [5.41, 5.74) is 0.738. The molecule has 4 nitrogen and oxygen atoms in total. The van der Waals surface area contributed by atoms with E-state index in [9.17, 15) is 4.79 Å². The largest absolute Gasteiger partial charge is 0.376 e. The minimum atomic E-state index is 0.00350. The molecule has 2 heterocycles. The molecule has 0 bridgehead atoms. The molecule has 0 saturated carbocycles. The Morgan fingerprint density at radius 1 is 1.50 bits per heavy atom. The molecule has 3 rings (SSSR count). The van der Waals surface area contributed by atoms with Gasteiger partial charge in [-0.25, -0.2) is 4.98 Å². The SMILES string of the molecule is C=C(Br)CSc1nc2ccccc2c(=O)n1C[C@H]1CCCO1. The van der Waals surface area contributed by atoms with Crippen LogP contribution in [0.2, 0.25) is 0 Å². The van der Waals surface area contributed by atoms with Crippen molar-refractivity contribution >= 4 is 38.6 Å². The molecule has 2 aromatic rings. The molecule has 1 fully saturated rings. The van der Waals surface area contributed by atoms with E-state index in [2.05, 4.69) is 27.5 Å². The number of rotatable bonds is 5. The minimum Gasteiger partial charge on any atom is -0.376 e. The third-order valence-corrected chi connectivity index (χ3v) is 5.31.